The van der Waals surface area contributed by atoms with Crippen LogP contribution in [-0.4, -0.2) is 6.71 Å². The second-order valence-corrected chi connectivity index (χ2v) is 22.9. The standard InChI is InChI=1S/C65H59BN2O2/c1-40-31-58-62-59(32-40)68(53-34-47(45-13-11-42-27-29-69-60(42)37-45)33-48(35-53)46-14-12-43-28-30-70-61(43)38-46)57-36-44(41-15-18-49(19-16-41)63(2,3)4)17-25-54(57)66(62)55-39-51(65(8,9)10)22-26-56(55)67(58)52-23-20-50(21-24-52)64(5,6)7/h11-39H,1-10H3. The fraction of sp³-hybridized carbons (Fsp3) is 0.200. The summed E-state index contributed by atoms with van der Waals surface area (Å²) >= 11 is 0. The van der Waals surface area contributed by atoms with Gasteiger partial charge in [-0.15, -0.1) is 0 Å². The van der Waals surface area contributed by atoms with Crippen LogP contribution in [0.3, 0.4) is 0 Å². The first-order valence-electron chi connectivity index (χ1n) is 24.8. The zero-order valence-electron chi connectivity index (χ0n) is 42.0. The highest BCUT2D eigenvalue weighted by Crippen LogP contribution is 2.48. The summed E-state index contributed by atoms with van der Waals surface area (Å²) in [4.78, 5) is 5.10. The van der Waals surface area contributed by atoms with Crippen LogP contribution in [0.2, 0.25) is 0 Å². The van der Waals surface area contributed by atoms with Gasteiger partial charge in [-0.2, -0.15) is 0 Å². The van der Waals surface area contributed by atoms with E-state index < -0.39 is 0 Å². The maximum absolute atomic E-state index is 6.01. The second kappa shape index (κ2) is 15.8. The lowest BCUT2D eigenvalue weighted by molar-refractivity contribution is 0.590. The van der Waals surface area contributed by atoms with E-state index in [1.807, 2.05) is 12.1 Å². The summed E-state index contributed by atoms with van der Waals surface area (Å²) in [6.45, 7) is 22.9. The highest BCUT2D eigenvalue weighted by atomic mass is 16.3. The van der Waals surface area contributed by atoms with Gasteiger partial charge >= 0.3 is 0 Å². The molecule has 0 aliphatic carbocycles. The van der Waals surface area contributed by atoms with E-state index in [2.05, 4.69) is 231 Å². The van der Waals surface area contributed by atoms with Crippen molar-refractivity contribution in [3.63, 3.8) is 0 Å². The lowest BCUT2D eigenvalue weighted by Gasteiger charge is -2.45. The van der Waals surface area contributed by atoms with Crippen molar-refractivity contribution in [1.82, 2.24) is 0 Å². The van der Waals surface area contributed by atoms with Crippen molar-refractivity contribution in [2.75, 3.05) is 9.80 Å². The Labute approximate surface area is 413 Å². The molecular formula is C65H59BN2O2. The van der Waals surface area contributed by atoms with Crippen molar-refractivity contribution in [1.29, 1.82) is 0 Å². The maximum Gasteiger partial charge on any atom is 0.252 e. The minimum atomic E-state index is -0.0502. The molecule has 0 saturated carbocycles. The molecule has 0 radical (unpaired) electrons. The number of anilines is 6. The van der Waals surface area contributed by atoms with Crippen molar-refractivity contribution >= 4 is 79.2 Å². The quantitative estimate of drug-likeness (QED) is 0.161. The van der Waals surface area contributed by atoms with Crippen molar-refractivity contribution in [2.45, 2.75) is 85.5 Å². The van der Waals surface area contributed by atoms with E-state index in [0.717, 1.165) is 55.6 Å². The Balaban J connectivity index is 1.15. The van der Waals surface area contributed by atoms with Gasteiger partial charge in [0.15, 0.2) is 0 Å². The molecule has 2 aromatic heterocycles. The molecule has 0 saturated heterocycles. The zero-order valence-corrected chi connectivity index (χ0v) is 42.0. The molecule has 0 fully saturated rings. The summed E-state index contributed by atoms with van der Waals surface area (Å²) in [5, 5.41) is 2.17. The lowest BCUT2D eigenvalue weighted by Crippen LogP contribution is -2.61. The molecule has 2 aliphatic rings. The van der Waals surface area contributed by atoms with Gasteiger partial charge in [0.2, 0.25) is 0 Å². The summed E-state index contributed by atoms with van der Waals surface area (Å²) in [5.41, 5.74) is 24.6. The Bertz CT molecular complexity index is 3590. The van der Waals surface area contributed by atoms with E-state index in [1.165, 1.54) is 72.5 Å². The molecule has 4 heterocycles. The van der Waals surface area contributed by atoms with Crippen LogP contribution in [0.15, 0.2) is 185 Å². The highest BCUT2D eigenvalue weighted by molar-refractivity contribution is 7.00. The van der Waals surface area contributed by atoms with Gasteiger partial charge in [0, 0.05) is 44.9 Å². The van der Waals surface area contributed by atoms with Crippen LogP contribution in [0.4, 0.5) is 34.1 Å². The SMILES string of the molecule is Cc1cc2c3c(c1)N(c1cc(-c4ccc5ccoc5c4)cc(-c4ccc5ccoc5c4)c1)c1cc(-c4ccc(C(C)(C)C)cc4)ccc1B3c1cc(C(C)(C)C)ccc1N2c1ccc(C(C)(C)C)cc1. The van der Waals surface area contributed by atoms with Gasteiger partial charge in [0.25, 0.3) is 6.71 Å². The number of nitrogens with zero attached hydrogens (tertiary/aromatic N) is 2. The Kier molecular flexibility index (Phi) is 9.86. The van der Waals surface area contributed by atoms with Crippen molar-refractivity contribution in [3.05, 3.63) is 199 Å². The van der Waals surface area contributed by atoms with Crippen LogP contribution in [0.1, 0.15) is 84.6 Å². The van der Waals surface area contributed by atoms with Crippen molar-refractivity contribution in [2.24, 2.45) is 0 Å². The summed E-state index contributed by atoms with van der Waals surface area (Å²) in [7, 11) is 0. The van der Waals surface area contributed by atoms with Gasteiger partial charge in [0.05, 0.1) is 12.5 Å². The molecule has 4 nitrogen and oxygen atoms in total. The van der Waals surface area contributed by atoms with Gasteiger partial charge in [-0.1, -0.05) is 147 Å². The van der Waals surface area contributed by atoms with Gasteiger partial charge < -0.3 is 18.6 Å². The van der Waals surface area contributed by atoms with Crippen LogP contribution in [0, 0.1) is 6.92 Å². The van der Waals surface area contributed by atoms with Crippen LogP contribution in [-0.2, 0) is 16.2 Å². The summed E-state index contributed by atoms with van der Waals surface area (Å²) in [5.74, 6) is 0. The van der Waals surface area contributed by atoms with E-state index in [1.54, 1.807) is 12.5 Å². The largest absolute Gasteiger partial charge is 0.464 e. The molecule has 0 amide bonds. The van der Waals surface area contributed by atoms with Gasteiger partial charge in [-0.25, -0.2) is 0 Å². The van der Waals surface area contributed by atoms with E-state index in [0.29, 0.717) is 0 Å². The predicted molar refractivity (Wildman–Crippen MR) is 297 cm³/mol. The molecule has 12 rings (SSSR count). The predicted octanol–water partition coefficient (Wildman–Crippen LogP) is 16.5. The van der Waals surface area contributed by atoms with Crippen molar-refractivity contribution < 1.29 is 8.83 Å². The third-order valence-electron chi connectivity index (χ3n) is 14.9. The fourth-order valence-corrected chi connectivity index (χ4v) is 11.0. The van der Waals surface area contributed by atoms with Crippen molar-refractivity contribution in [3.8, 4) is 33.4 Å². The smallest absolute Gasteiger partial charge is 0.252 e. The Hall–Kier alpha value is -7.50. The molecule has 2 aliphatic heterocycles. The molecule has 0 atom stereocenters. The lowest BCUT2D eigenvalue weighted by atomic mass is 9.33. The van der Waals surface area contributed by atoms with Gasteiger partial charge in [-0.05, 0) is 174 Å². The average molecular weight is 911 g/mol. The average Bonchev–Trinajstić information content (AvgIpc) is 4.02. The van der Waals surface area contributed by atoms with Crippen LogP contribution in [0.25, 0.3) is 55.3 Å². The van der Waals surface area contributed by atoms with E-state index in [-0.39, 0.29) is 23.0 Å². The van der Waals surface area contributed by atoms with Crippen LogP contribution < -0.4 is 26.2 Å². The molecular weight excluding hydrogens is 852 g/mol. The van der Waals surface area contributed by atoms with E-state index >= 15 is 0 Å². The molecule has 344 valence electrons. The number of aryl methyl sites for hydroxylation is 1. The summed E-state index contributed by atoms with van der Waals surface area (Å²) in [6, 6.07) is 62.0. The molecule has 8 aromatic carbocycles. The first-order chi connectivity index (χ1) is 33.5. The molecule has 0 bridgehead atoms. The highest BCUT2D eigenvalue weighted by Gasteiger charge is 2.44. The molecule has 0 spiro atoms. The van der Waals surface area contributed by atoms with E-state index in [4.69, 9.17) is 8.83 Å². The molecule has 70 heavy (non-hydrogen) atoms. The van der Waals surface area contributed by atoms with Crippen LogP contribution >= 0.6 is 0 Å². The zero-order chi connectivity index (χ0) is 48.4. The molecule has 5 heteroatoms. The summed E-state index contributed by atoms with van der Waals surface area (Å²) < 4.78 is 12.0. The van der Waals surface area contributed by atoms with E-state index in [9.17, 15) is 0 Å². The Morgan fingerprint density at radius 1 is 0.357 bits per heavy atom. The molecule has 0 N–H and O–H groups in total. The third-order valence-corrected chi connectivity index (χ3v) is 14.9. The number of fused-ring (bicyclic) bond motifs is 6. The topological polar surface area (TPSA) is 32.8 Å². The molecule has 0 unspecified atom stereocenters. The normalized spacial score (nSPS) is 13.5. The Morgan fingerprint density at radius 3 is 1.40 bits per heavy atom. The number of hydrogen-bond donors (Lipinski definition) is 0. The number of rotatable bonds is 5. The number of benzene rings is 8. The fourth-order valence-electron chi connectivity index (χ4n) is 11.0. The second-order valence-electron chi connectivity index (χ2n) is 22.9. The van der Waals surface area contributed by atoms with Gasteiger partial charge in [-0.3, -0.25) is 0 Å². The first-order valence-corrected chi connectivity index (χ1v) is 24.8. The third kappa shape index (κ3) is 7.37. The number of hydrogen-bond acceptors (Lipinski definition) is 4. The molecule has 10 aromatic rings. The maximum atomic E-state index is 6.01. The number of furan rings is 2. The first kappa shape index (κ1) is 43.8. The minimum Gasteiger partial charge on any atom is -0.464 e. The van der Waals surface area contributed by atoms with Gasteiger partial charge in [0.1, 0.15) is 11.2 Å². The minimum absolute atomic E-state index is 0.0260. The van der Waals surface area contributed by atoms with Crippen LogP contribution in [0.5, 0.6) is 0 Å². The monoisotopic (exact) mass is 910 g/mol. The Morgan fingerprint density at radius 2 is 0.843 bits per heavy atom. The summed E-state index contributed by atoms with van der Waals surface area (Å²) in [6.07, 6.45) is 3.55.